The van der Waals surface area contributed by atoms with E-state index in [0.717, 1.165) is 19.4 Å². The zero-order valence-electron chi connectivity index (χ0n) is 10.2. The molecule has 0 aliphatic carbocycles. The van der Waals surface area contributed by atoms with E-state index >= 15 is 0 Å². The highest BCUT2D eigenvalue weighted by molar-refractivity contribution is 5.87. The van der Waals surface area contributed by atoms with Crippen molar-refractivity contribution in [3.63, 3.8) is 0 Å². The lowest BCUT2D eigenvalue weighted by atomic mass is 10.0. The molecule has 1 aliphatic rings. The van der Waals surface area contributed by atoms with Crippen LogP contribution in [0.2, 0.25) is 0 Å². The Morgan fingerprint density at radius 1 is 1.53 bits per heavy atom. The number of anilines is 1. The third-order valence-electron chi connectivity index (χ3n) is 3.10. The first-order valence-corrected chi connectivity index (χ1v) is 5.90. The maximum Gasteiger partial charge on any atom is 0.356 e. The van der Waals surface area contributed by atoms with E-state index in [0.29, 0.717) is 17.7 Å². The van der Waals surface area contributed by atoms with Crippen LogP contribution in [0.3, 0.4) is 0 Å². The molecule has 1 aromatic rings. The maximum absolute atomic E-state index is 11.4. The molecule has 2 rings (SSSR count). The molecular formula is C12H17N3O2. The van der Waals surface area contributed by atoms with Crippen LogP contribution in [-0.2, 0) is 4.74 Å². The molecule has 5 heteroatoms. The zero-order chi connectivity index (χ0) is 12.3. The van der Waals surface area contributed by atoms with Crippen molar-refractivity contribution < 1.29 is 9.53 Å². The second-order valence-corrected chi connectivity index (χ2v) is 4.27. The number of ether oxygens (including phenoxy) is 1. The Bertz CT molecular complexity index is 408. The van der Waals surface area contributed by atoms with E-state index in [1.807, 2.05) is 0 Å². The molecule has 1 unspecified atom stereocenters. The number of methoxy groups -OCH3 is 1. The topological polar surface area (TPSA) is 55.3 Å². The average Bonchev–Trinajstić information content (AvgIpc) is 2.38. The van der Waals surface area contributed by atoms with Crippen molar-refractivity contribution in [2.24, 2.45) is 0 Å². The number of rotatable bonds is 2. The number of nitrogens with zero attached hydrogens (tertiary/aromatic N) is 3. The maximum atomic E-state index is 11.4. The van der Waals surface area contributed by atoms with Gasteiger partial charge in [0, 0.05) is 18.8 Å². The van der Waals surface area contributed by atoms with E-state index in [2.05, 4.69) is 26.5 Å². The van der Waals surface area contributed by atoms with Crippen molar-refractivity contribution in [2.45, 2.75) is 32.2 Å². The highest BCUT2D eigenvalue weighted by atomic mass is 16.5. The summed E-state index contributed by atoms with van der Waals surface area (Å²) in [4.78, 5) is 22.0. The quantitative estimate of drug-likeness (QED) is 0.729. The zero-order valence-corrected chi connectivity index (χ0v) is 10.2. The molecule has 1 fully saturated rings. The van der Waals surface area contributed by atoms with Crippen molar-refractivity contribution in [1.82, 2.24) is 9.97 Å². The van der Waals surface area contributed by atoms with Crippen LogP contribution in [0.1, 0.15) is 36.7 Å². The van der Waals surface area contributed by atoms with Gasteiger partial charge in [0.1, 0.15) is 0 Å². The molecule has 0 bridgehead atoms. The van der Waals surface area contributed by atoms with Gasteiger partial charge < -0.3 is 9.64 Å². The number of piperidine rings is 1. The fourth-order valence-corrected chi connectivity index (χ4v) is 2.10. The van der Waals surface area contributed by atoms with Gasteiger partial charge in [-0.2, -0.15) is 0 Å². The van der Waals surface area contributed by atoms with Crippen molar-refractivity contribution in [2.75, 3.05) is 18.6 Å². The first-order valence-electron chi connectivity index (χ1n) is 5.90. The largest absolute Gasteiger partial charge is 0.464 e. The molecule has 1 aromatic heterocycles. The van der Waals surface area contributed by atoms with Gasteiger partial charge in [-0.1, -0.05) is 0 Å². The van der Waals surface area contributed by atoms with Gasteiger partial charge in [0.05, 0.1) is 7.11 Å². The normalized spacial score (nSPS) is 20.1. The number of carbonyl (C=O) groups excluding carboxylic acids is 1. The van der Waals surface area contributed by atoms with Crippen LogP contribution < -0.4 is 4.90 Å². The van der Waals surface area contributed by atoms with Gasteiger partial charge in [-0.3, -0.25) is 0 Å². The predicted octanol–water partition coefficient (Wildman–Crippen LogP) is 1.64. The summed E-state index contributed by atoms with van der Waals surface area (Å²) in [5.41, 5.74) is 0.315. The molecule has 0 radical (unpaired) electrons. The van der Waals surface area contributed by atoms with Crippen molar-refractivity contribution >= 4 is 11.9 Å². The molecular weight excluding hydrogens is 218 g/mol. The Morgan fingerprint density at radius 3 is 3.06 bits per heavy atom. The highest BCUT2D eigenvalue weighted by Gasteiger charge is 2.21. The summed E-state index contributed by atoms with van der Waals surface area (Å²) in [6, 6.07) is 2.00. The standard InChI is InChI=1S/C12H17N3O2/c1-9-5-3-4-8-15(9)12-13-7-6-10(14-12)11(16)17-2/h6-7,9H,3-5,8H2,1-2H3. The second-order valence-electron chi connectivity index (χ2n) is 4.27. The molecule has 0 saturated carbocycles. The van der Waals surface area contributed by atoms with E-state index in [9.17, 15) is 4.79 Å². The molecule has 0 aromatic carbocycles. The van der Waals surface area contributed by atoms with E-state index < -0.39 is 5.97 Å². The number of hydrogen-bond donors (Lipinski definition) is 0. The molecule has 92 valence electrons. The van der Waals surface area contributed by atoms with Gasteiger partial charge in [-0.05, 0) is 32.3 Å². The van der Waals surface area contributed by atoms with Crippen molar-refractivity contribution in [3.8, 4) is 0 Å². The molecule has 17 heavy (non-hydrogen) atoms. The summed E-state index contributed by atoms with van der Waals surface area (Å²) in [6.07, 6.45) is 5.15. The summed E-state index contributed by atoms with van der Waals surface area (Å²) < 4.78 is 4.66. The van der Waals surface area contributed by atoms with Crippen LogP contribution in [0.25, 0.3) is 0 Å². The lowest BCUT2D eigenvalue weighted by molar-refractivity contribution is 0.0594. The Labute approximate surface area is 101 Å². The van der Waals surface area contributed by atoms with Gasteiger partial charge in [-0.15, -0.1) is 0 Å². The fourth-order valence-electron chi connectivity index (χ4n) is 2.10. The monoisotopic (exact) mass is 235 g/mol. The Hall–Kier alpha value is -1.65. The first-order chi connectivity index (χ1) is 8.22. The highest BCUT2D eigenvalue weighted by Crippen LogP contribution is 2.21. The Balaban J connectivity index is 2.23. The Morgan fingerprint density at radius 2 is 2.35 bits per heavy atom. The summed E-state index contributed by atoms with van der Waals surface area (Å²) in [5.74, 6) is 0.207. The smallest absolute Gasteiger partial charge is 0.356 e. The van der Waals surface area contributed by atoms with E-state index in [1.165, 1.54) is 13.5 Å². The molecule has 1 aliphatic heterocycles. The third-order valence-corrected chi connectivity index (χ3v) is 3.10. The van der Waals surface area contributed by atoms with Crippen LogP contribution in [-0.4, -0.2) is 35.6 Å². The fraction of sp³-hybridized carbons (Fsp3) is 0.583. The average molecular weight is 235 g/mol. The third kappa shape index (κ3) is 2.54. The lowest BCUT2D eigenvalue weighted by Gasteiger charge is -2.33. The molecule has 0 spiro atoms. The number of aromatic nitrogens is 2. The minimum absolute atomic E-state index is 0.315. The molecule has 5 nitrogen and oxygen atoms in total. The van der Waals surface area contributed by atoms with Crippen LogP contribution in [0.4, 0.5) is 5.95 Å². The second kappa shape index (κ2) is 5.12. The van der Waals surface area contributed by atoms with Gasteiger partial charge >= 0.3 is 5.97 Å². The summed E-state index contributed by atoms with van der Waals surface area (Å²) >= 11 is 0. The van der Waals surface area contributed by atoms with Crippen LogP contribution in [0, 0.1) is 0 Å². The molecule has 0 amide bonds. The lowest BCUT2D eigenvalue weighted by Crippen LogP contribution is -2.38. The summed E-state index contributed by atoms with van der Waals surface area (Å²) in [6.45, 7) is 3.11. The molecule has 1 atom stereocenters. The molecule has 2 heterocycles. The molecule has 0 N–H and O–H groups in total. The Kier molecular flexibility index (Phi) is 3.56. The van der Waals surface area contributed by atoms with Crippen LogP contribution >= 0.6 is 0 Å². The molecule has 1 saturated heterocycles. The predicted molar refractivity (Wildman–Crippen MR) is 64.0 cm³/mol. The summed E-state index contributed by atoms with van der Waals surface area (Å²) in [5, 5.41) is 0. The van der Waals surface area contributed by atoms with Gasteiger partial charge in [0.25, 0.3) is 0 Å². The van der Waals surface area contributed by atoms with E-state index in [-0.39, 0.29) is 0 Å². The summed E-state index contributed by atoms with van der Waals surface area (Å²) in [7, 11) is 1.35. The minimum Gasteiger partial charge on any atom is -0.464 e. The first kappa shape index (κ1) is 11.8. The number of carbonyl (C=O) groups is 1. The van der Waals surface area contributed by atoms with Gasteiger partial charge in [0.2, 0.25) is 5.95 Å². The van der Waals surface area contributed by atoms with Crippen LogP contribution in [0.15, 0.2) is 12.3 Å². The van der Waals surface area contributed by atoms with Gasteiger partial charge in [-0.25, -0.2) is 14.8 Å². The van der Waals surface area contributed by atoms with Gasteiger partial charge in [0.15, 0.2) is 5.69 Å². The minimum atomic E-state index is -0.418. The van der Waals surface area contributed by atoms with E-state index in [4.69, 9.17) is 0 Å². The number of hydrogen-bond acceptors (Lipinski definition) is 5. The van der Waals surface area contributed by atoms with Crippen molar-refractivity contribution in [1.29, 1.82) is 0 Å². The van der Waals surface area contributed by atoms with Crippen molar-refractivity contribution in [3.05, 3.63) is 18.0 Å². The van der Waals surface area contributed by atoms with Crippen LogP contribution in [0.5, 0.6) is 0 Å². The SMILES string of the molecule is COC(=O)c1ccnc(N2CCCCC2C)n1. The number of esters is 1. The van der Waals surface area contributed by atoms with E-state index in [1.54, 1.807) is 12.3 Å².